The van der Waals surface area contributed by atoms with Gasteiger partial charge in [0.1, 0.15) is 10.6 Å². The summed E-state index contributed by atoms with van der Waals surface area (Å²) >= 11 is 1.44. The highest BCUT2D eigenvalue weighted by molar-refractivity contribution is 7.16. The van der Waals surface area contributed by atoms with Gasteiger partial charge in [-0.15, -0.1) is 11.3 Å². The quantitative estimate of drug-likeness (QED) is 0.779. The van der Waals surface area contributed by atoms with Gasteiger partial charge in [-0.3, -0.25) is 14.2 Å². The van der Waals surface area contributed by atoms with E-state index in [1.165, 1.54) is 22.2 Å². The maximum absolute atomic E-state index is 12.3. The Morgan fingerprint density at radius 1 is 1.38 bits per heavy atom. The van der Waals surface area contributed by atoms with Gasteiger partial charge >= 0.3 is 0 Å². The van der Waals surface area contributed by atoms with Crippen molar-refractivity contribution >= 4 is 27.5 Å². The van der Waals surface area contributed by atoms with Gasteiger partial charge in [0.25, 0.3) is 11.5 Å². The molecule has 0 saturated carbocycles. The summed E-state index contributed by atoms with van der Waals surface area (Å²) in [5.41, 5.74) is 1.22. The molecule has 0 saturated heterocycles. The first-order valence-electron chi connectivity index (χ1n) is 7.92. The predicted molar refractivity (Wildman–Crippen MR) is 89.4 cm³/mol. The third kappa shape index (κ3) is 2.62. The van der Waals surface area contributed by atoms with Gasteiger partial charge in [0.05, 0.1) is 11.7 Å². The van der Waals surface area contributed by atoms with Crippen molar-refractivity contribution in [2.24, 2.45) is 0 Å². The van der Waals surface area contributed by atoms with E-state index in [9.17, 15) is 9.59 Å². The first-order valence-corrected chi connectivity index (χ1v) is 8.80. The highest BCUT2D eigenvalue weighted by Crippen LogP contribution is 2.24. The molecule has 24 heavy (non-hydrogen) atoms. The Kier molecular flexibility index (Phi) is 3.89. The van der Waals surface area contributed by atoms with Crippen LogP contribution in [0.4, 0.5) is 0 Å². The molecule has 3 aromatic rings. The maximum Gasteiger partial charge on any atom is 0.273 e. The molecule has 0 atom stereocenters. The van der Waals surface area contributed by atoms with Crippen molar-refractivity contribution in [2.75, 3.05) is 6.54 Å². The van der Waals surface area contributed by atoms with Crippen LogP contribution in [0.15, 0.2) is 27.1 Å². The minimum atomic E-state index is -0.250. The second kappa shape index (κ2) is 6.20. The van der Waals surface area contributed by atoms with Crippen molar-refractivity contribution in [1.29, 1.82) is 0 Å². The highest BCUT2D eigenvalue weighted by atomic mass is 32.1. The second-order valence-corrected chi connectivity index (χ2v) is 6.67. The summed E-state index contributed by atoms with van der Waals surface area (Å²) in [5.74, 6) is 0.578. The number of aromatic nitrogens is 3. The van der Waals surface area contributed by atoms with Crippen LogP contribution in [0.1, 0.15) is 34.7 Å². The Morgan fingerprint density at radius 3 is 3.17 bits per heavy atom. The molecule has 0 fully saturated rings. The lowest BCUT2D eigenvalue weighted by molar-refractivity contribution is 0.0942. The lowest BCUT2D eigenvalue weighted by Gasteiger charge is -2.09. The number of hydrogen-bond donors (Lipinski definition) is 1. The fourth-order valence-corrected chi connectivity index (χ4v) is 3.71. The zero-order valence-electron chi connectivity index (χ0n) is 12.9. The van der Waals surface area contributed by atoms with E-state index in [4.69, 9.17) is 4.52 Å². The summed E-state index contributed by atoms with van der Waals surface area (Å²) < 4.78 is 6.76. The van der Waals surface area contributed by atoms with Crippen LogP contribution in [-0.4, -0.2) is 27.2 Å². The van der Waals surface area contributed by atoms with E-state index >= 15 is 0 Å². The molecule has 0 bridgehead atoms. The molecule has 3 heterocycles. The molecule has 1 aliphatic rings. The molecule has 0 spiro atoms. The first kappa shape index (κ1) is 15.1. The molecule has 1 N–H and O–H groups in total. The SMILES string of the molecule is O=C(NCCn1cnc2sccc2c1=O)c1noc2c1CCCC2. The summed E-state index contributed by atoms with van der Waals surface area (Å²) in [6.07, 6.45) is 5.32. The number of rotatable bonds is 4. The van der Waals surface area contributed by atoms with Crippen molar-refractivity contribution in [1.82, 2.24) is 20.0 Å². The Hall–Kier alpha value is -2.48. The summed E-state index contributed by atoms with van der Waals surface area (Å²) in [4.78, 5) is 29.5. The van der Waals surface area contributed by atoms with E-state index in [-0.39, 0.29) is 11.5 Å². The zero-order chi connectivity index (χ0) is 16.5. The van der Waals surface area contributed by atoms with Crippen LogP contribution in [0, 0.1) is 0 Å². The standard InChI is InChI=1S/C16H16N4O3S/c21-14(13-10-3-1-2-4-12(10)23-19-13)17-6-7-20-9-18-15-11(16(20)22)5-8-24-15/h5,8-9H,1-4,6-7H2,(H,17,21). The van der Waals surface area contributed by atoms with E-state index in [1.807, 2.05) is 5.38 Å². The first-order chi connectivity index (χ1) is 11.7. The average molecular weight is 344 g/mol. The van der Waals surface area contributed by atoms with E-state index in [2.05, 4.69) is 15.5 Å². The minimum Gasteiger partial charge on any atom is -0.360 e. The van der Waals surface area contributed by atoms with E-state index < -0.39 is 0 Å². The fraction of sp³-hybridized carbons (Fsp3) is 0.375. The molecule has 0 aliphatic heterocycles. The fourth-order valence-electron chi connectivity index (χ4n) is 2.99. The van der Waals surface area contributed by atoms with Gasteiger partial charge in [-0.25, -0.2) is 4.98 Å². The van der Waals surface area contributed by atoms with Crippen LogP contribution >= 0.6 is 11.3 Å². The zero-order valence-corrected chi connectivity index (χ0v) is 13.8. The molecule has 0 unspecified atom stereocenters. The molecule has 8 heteroatoms. The maximum atomic E-state index is 12.3. The van der Waals surface area contributed by atoms with E-state index in [0.29, 0.717) is 24.2 Å². The number of nitrogens with zero attached hydrogens (tertiary/aromatic N) is 3. The molecule has 0 aromatic carbocycles. The number of aryl methyl sites for hydroxylation is 1. The van der Waals surface area contributed by atoms with Crippen LogP contribution in [0.2, 0.25) is 0 Å². The summed E-state index contributed by atoms with van der Waals surface area (Å²) in [6, 6.07) is 1.77. The van der Waals surface area contributed by atoms with Crippen molar-refractivity contribution < 1.29 is 9.32 Å². The third-order valence-corrected chi connectivity index (χ3v) is 5.07. The molecule has 1 aliphatic carbocycles. The number of nitrogens with one attached hydrogen (secondary N) is 1. The summed E-state index contributed by atoms with van der Waals surface area (Å²) in [5, 5.41) is 9.17. The third-order valence-electron chi connectivity index (χ3n) is 4.25. The van der Waals surface area contributed by atoms with Crippen molar-refractivity contribution in [3.05, 3.63) is 45.1 Å². The largest absolute Gasteiger partial charge is 0.360 e. The van der Waals surface area contributed by atoms with Crippen molar-refractivity contribution in [3.8, 4) is 0 Å². The van der Waals surface area contributed by atoms with E-state index in [0.717, 1.165) is 41.8 Å². The smallest absolute Gasteiger partial charge is 0.273 e. The molecule has 124 valence electrons. The van der Waals surface area contributed by atoms with Gasteiger partial charge in [0.15, 0.2) is 5.69 Å². The monoisotopic (exact) mass is 344 g/mol. The molecule has 0 radical (unpaired) electrons. The number of hydrogen-bond acceptors (Lipinski definition) is 6. The molecule has 1 amide bonds. The lowest BCUT2D eigenvalue weighted by atomic mass is 9.96. The summed E-state index contributed by atoms with van der Waals surface area (Å²) in [6.45, 7) is 0.696. The molecule has 4 rings (SSSR count). The Labute approximate surface area is 141 Å². The van der Waals surface area contributed by atoms with Gasteiger partial charge in [0, 0.05) is 25.1 Å². The average Bonchev–Trinajstić information content (AvgIpc) is 3.23. The van der Waals surface area contributed by atoms with Crippen LogP contribution in [0.5, 0.6) is 0 Å². The van der Waals surface area contributed by atoms with Crippen LogP contribution in [0.25, 0.3) is 10.2 Å². The molecular formula is C16H16N4O3S. The number of fused-ring (bicyclic) bond motifs is 2. The van der Waals surface area contributed by atoms with E-state index in [1.54, 1.807) is 6.07 Å². The normalized spacial score (nSPS) is 13.8. The predicted octanol–water partition coefficient (Wildman–Crippen LogP) is 1.75. The van der Waals surface area contributed by atoms with Crippen LogP contribution < -0.4 is 10.9 Å². The van der Waals surface area contributed by atoms with Crippen molar-refractivity contribution in [2.45, 2.75) is 32.2 Å². The number of carbonyl (C=O) groups is 1. The number of carbonyl (C=O) groups excluding carboxylic acids is 1. The van der Waals surface area contributed by atoms with Gasteiger partial charge in [0.2, 0.25) is 0 Å². The molecule has 3 aromatic heterocycles. The van der Waals surface area contributed by atoms with Gasteiger partial charge < -0.3 is 9.84 Å². The van der Waals surface area contributed by atoms with Gasteiger partial charge in [-0.05, 0) is 30.7 Å². The number of amides is 1. The lowest BCUT2D eigenvalue weighted by Crippen LogP contribution is -2.31. The van der Waals surface area contributed by atoms with Crippen LogP contribution in [-0.2, 0) is 19.4 Å². The summed E-state index contributed by atoms with van der Waals surface area (Å²) in [7, 11) is 0. The Morgan fingerprint density at radius 2 is 2.25 bits per heavy atom. The highest BCUT2D eigenvalue weighted by Gasteiger charge is 2.23. The Bertz CT molecular complexity index is 956. The van der Waals surface area contributed by atoms with Gasteiger partial charge in [-0.2, -0.15) is 0 Å². The topological polar surface area (TPSA) is 90.0 Å². The second-order valence-electron chi connectivity index (χ2n) is 5.78. The molecular weight excluding hydrogens is 328 g/mol. The Balaban J connectivity index is 1.43. The number of thiophene rings is 1. The van der Waals surface area contributed by atoms with Gasteiger partial charge in [-0.1, -0.05) is 5.16 Å². The van der Waals surface area contributed by atoms with Crippen LogP contribution in [0.3, 0.4) is 0 Å². The van der Waals surface area contributed by atoms with Crippen molar-refractivity contribution in [3.63, 3.8) is 0 Å². The molecule has 7 nitrogen and oxygen atoms in total. The minimum absolute atomic E-state index is 0.0886.